The number of amides is 1. The predicted octanol–water partition coefficient (Wildman–Crippen LogP) is 1.72. The number of likely N-dealkylation sites (N-methyl/N-ethyl adjacent to an activating group) is 1. The van der Waals surface area contributed by atoms with Crippen LogP contribution in [0, 0.1) is 11.6 Å². The van der Waals surface area contributed by atoms with Crippen molar-refractivity contribution in [1.29, 1.82) is 0 Å². The van der Waals surface area contributed by atoms with Crippen molar-refractivity contribution in [2.45, 2.75) is 12.8 Å². The van der Waals surface area contributed by atoms with Crippen LogP contribution in [0.5, 0.6) is 0 Å². The summed E-state index contributed by atoms with van der Waals surface area (Å²) in [5.74, 6) is -3.60. The molecular formula is C14H16F2N2O3. The van der Waals surface area contributed by atoms with Gasteiger partial charge in [0.05, 0.1) is 12.1 Å². The highest BCUT2D eigenvalue weighted by atomic mass is 19.1. The minimum atomic E-state index is -1.41. The van der Waals surface area contributed by atoms with Crippen molar-refractivity contribution in [3.8, 4) is 0 Å². The highest BCUT2D eigenvalue weighted by Gasteiger charge is 2.23. The second-order valence-electron chi connectivity index (χ2n) is 5.04. The molecule has 0 atom stereocenters. The Morgan fingerprint density at radius 3 is 2.24 bits per heavy atom. The number of hydrogen-bond donors (Lipinski definition) is 1. The van der Waals surface area contributed by atoms with E-state index in [4.69, 9.17) is 5.11 Å². The fraction of sp³-hybridized carbons (Fsp3) is 0.429. The summed E-state index contributed by atoms with van der Waals surface area (Å²) in [6.07, 6.45) is 1.87. The summed E-state index contributed by atoms with van der Waals surface area (Å²) in [6.45, 7) is 1.17. The van der Waals surface area contributed by atoms with Gasteiger partial charge in [0.1, 0.15) is 17.3 Å². The maximum Gasteiger partial charge on any atom is 0.335 e. The molecule has 114 valence electrons. The lowest BCUT2D eigenvalue weighted by atomic mass is 10.1. The lowest BCUT2D eigenvalue weighted by Crippen LogP contribution is -2.37. The lowest BCUT2D eigenvalue weighted by Gasteiger charge is -2.23. The number of rotatable bonds is 4. The van der Waals surface area contributed by atoms with Gasteiger partial charge in [-0.2, -0.15) is 0 Å². The molecule has 2 rings (SSSR count). The van der Waals surface area contributed by atoms with E-state index in [9.17, 15) is 18.4 Å². The number of aromatic carboxylic acids is 1. The molecule has 0 spiro atoms. The number of carboxylic acid groups (broad SMARTS) is 1. The van der Waals surface area contributed by atoms with Crippen molar-refractivity contribution in [3.63, 3.8) is 0 Å². The van der Waals surface area contributed by atoms with Crippen LogP contribution in [0.1, 0.15) is 23.2 Å². The second kappa shape index (κ2) is 6.07. The molecule has 1 aliphatic rings. The summed E-state index contributed by atoms with van der Waals surface area (Å²) in [5, 5.41) is 8.74. The van der Waals surface area contributed by atoms with Crippen molar-refractivity contribution in [2.75, 3.05) is 31.6 Å². The molecular weight excluding hydrogens is 282 g/mol. The molecule has 1 aromatic rings. The molecule has 0 radical (unpaired) electrons. The van der Waals surface area contributed by atoms with Crippen molar-refractivity contribution < 1.29 is 23.5 Å². The van der Waals surface area contributed by atoms with E-state index in [1.165, 1.54) is 7.05 Å². The Hall–Kier alpha value is -2.18. The van der Waals surface area contributed by atoms with Crippen LogP contribution < -0.4 is 4.90 Å². The topological polar surface area (TPSA) is 60.9 Å². The van der Waals surface area contributed by atoms with Gasteiger partial charge in [-0.1, -0.05) is 0 Å². The number of carbonyl (C=O) groups is 2. The number of likely N-dealkylation sites (tertiary alicyclic amines) is 1. The molecule has 1 aromatic carbocycles. The van der Waals surface area contributed by atoms with Gasteiger partial charge in [-0.05, 0) is 25.0 Å². The third-order valence-corrected chi connectivity index (χ3v) is 3.48. The van der Waals surface area contributed by atoms with E-state index in [1.807, 2.05) is 0 Å². The summed E-state index contributed by atoms with van der Waals surface area (Å²) in [4.78, 5) is 25.5. The zero-order chi connectivity index (χ0) is 15.6. The molecule has 0 aromatic heterocycles. The summed E-state index contributed by atoms with van der Waals surface area (Å²) in [6, 6.07) is 1.50. The van der Waals surface area contributed by atoms with Crippen LogP contribution in [0.25, 0.3) is 0 Å². The van der Waals surface area contributed by atoms with Crippen molar-refractivity contribution in [2.24, 2.45) is 0 Å². The molecule has 5 nitrogen and oxygen atoms in total. The van der Waals surface area contributed by atoms with E-state index in [-0.39, 0.29) is 12.5 Å². The maximum atomic E-state index is 13.9. The third kappa shape index (κ3) is 3.29. The number of benzene rings is 1. The van der Waals surface area contributed by atoms with Crippen LogP contribution in [-0.2, 0) is 4.79 Å². The van der Waals surface area contributed by atoms with Gasteiger partial charge in [0.25, 0.3) is 0 Å². The summed E-state index contributed by atoms with van der Waals surface area (Å²) in [5.41, 5.74) is -0.861. The molecule has 0 aliphatic carbocycles. The van der Waals surface area contributed by atoms with E-state index < -0.39 is 28.9 Å². The van der Waals surface area contributed by atoms with Gasteiger partial charge < -0.3 is 14.9 Å². The molecule has 1 fully saturated rings. The van der Waals surface area contributed by atoms with Gasteiger partial charge in [-0.15, -0.1) is 0 Å². The minimum Gasteiger partial charge on any atom is -0.478 e. The third-order valence-electron chi connectivity index (χ3n) is 3.48. The molecule has 1 saturated heterocycles. The largest absolute Gasteiger partial charge is 0.478 e. The zero-order valence-electron chi connectivity index (χ0n) is 11.6. The maximum absolute atomic E-state index is 13.9. The Morgan fingerprint density at radius 2 is 1.76 bits per heavy atom. The van der Waals surface area contributed by atoms with Crippen molar-refractivity contribution >= 4 is 17.6 Å². The number of carbonyl (C=O) groups excluding carboxylic acids is 1. The highest BCUT2D eigenvalue weighted by Crippen LogP contribution is 2.24. The quantitative estimate of drug-likeness (QED) is 0.919. The fourth-order valence-electron chi connectivity index (χ4n) is 2.40. The van der Waals surface area contributed by atoms with Crippen LogP contribution >= 0.6 is 0 Å². The van der Waals surface area contributed by atoms with E-state index >= 15 is 0 Å². The molecule has 0 saturated carbocycles. The molecule has 1 aliphatic heterocycles. The van der Waals surface area contributed by atoms with Crippen LogP contribution in [0.2, 0.25) is 0 Å². The van der Waals surface area contributed by atoms with E-state index in [0.717, 1.165) is 29.9 Å². The smallest absolute Gasteiger partial charge is 0.335 e. The zero-order valence-corrected chi connectivity index (χ0v) is 11.6. The average Bonchev–Trinajstić information content (AvgIpc) is 2.91. The minimum absolute atomic E-state index is 0.153. The predicted molar refractivity (Wildman–Crippen MR) is 72.4 cm³/mol. The van der Waals surface area contributed by atoms with Crippen molar-refractivity contribution in [3.05, 3.63) is 29.3 Å². The van der Waals surface area contributed by atoms with Gasteiger partial charge in [0.2, 0.25) is 5.91 Å². The number of halogens is 2. The van der Waals surface area contributed by atoms with Gasteiger partial charge in [0, 0.05) is 20.1 Å². The Kier molecular flexibility index (Phi) is 4.40. The Labute approximate surface area is 120 Å². The monoisotopic (exact) mass is 298 g/mol. The van der Waals surface area contributed by atoms with Gasteiger partial charge >= 0.3 is 5.97 Å². The van der Waals surface area contributed by atoms with Crippen LogP contribution in [0.3, 0.4) is 0 Å². The van der Waals surface area contributed by atoms with Crippen LogP contribution in [-0.4, -0.2) is 48.6 Å². The SMILES string of the molecule is CN(CC(=O)N1CCCC1)c1c(F)cc(C(=O)O)cc1F. The van der Waals surface area contributed by atoms with Gasteiger partial charge in [0.15, 0.2) is 0 Å². The average molecular weight is 298 g/mol. The molecule has 0 bridgehead atoms. The summed E-state index contributed by atoms with van der Waals surface area (Å²) < 4.78 is 27.8. The Bertz CT molecular complexity index is 548. The molecule has 0 unspecified atom stereocenters. The first kappa shape index (κ1) is 15.2. The van der Waals surface area contributed by atoms with Gasteiger partial charge in [-0.25, -0.2) is 13.6 Å². The van der Waals surface area contributed by atoms with E-state index in [1.54, 1.807) is 4.90 Å². The normalized spacial score (nSPS) is 14.3. The lowest BCUT2D eigenvalue weighted by molar-refractivity contribution is -0.128. The van der Waals surface area contributed by atoms with E-state index in [0.29, 0.717) is 13.1 Å². The van der Waals surface area contributed by atoms with Crippen LogP contribution in [0.15, 0.2) is 12.1 Å². The first-order valence-corrected chi connectivity index (χ1v) is 6.61. The fourth-order valence-corrected chi connectivity index (χ4v) is 2.40. The Morgan fingerprint density at radius 1 is 1.24 bits per heavy atom. The number of hydrogen-bond acceptors (Lipinski definition) is 3. The molecule has 1 N–H and O–H groups in total. The van der Waals surface area contributed by atoms with E-state index in [2.05, 4.69) is 0 Å². The molecule has 21 heavy (non-hydrogen) atoms. The van der Waals surface area contributed by atoms with Crippen molar-refractivity contribution in [1.82, 2.24) is 4.90 Å². The molecule has 1 heterocycles. The summed E-state index contributed by atoms with van der Waals surface area (Å²) in [7, 11) is 1.40. The first-order valence-electron chi connectivity index (χ1n) is 6.61. The number of carboxylic acids is 1. The highest BCUT2D eigenvalue weighted by molar-refractivity contribution is 5.88. The molecule has 1 amide bonds. The van der Waals surface area contributed by atoms with Crippen LogP contribution in [0.4, 0.5) is 14.5 Å². The number of anilines is 1. The first-order chi connectivity index (χ1) is 9.90. The molecule has 7 heteroatoms. The second-order valence-corrected chi connectivity index (χ2v) is 5.04. The Balaban J connectivity index is 2.17. The summed E-state index contributed by atoms with van der Waals surface area (Å²) >= 11 is 0. The van der Waals surface area contributed by atoms with Gasteiger partial charge in [-0.3, -0.25) is 4.79 Å². The standard InChI is InChI=1S/C14H16F2N2O3/c1-17(8-12(19)18-4-2-3-5-18)13-10(15)6-9(14(20)21)7-11(13)16/h6-7H,2-5,8H2,1H3,(H,20,21). The number of nitrogens with zero attached hydrogens (tertiary/aromatic N) is 2.